The number of nitrogens with one attached hydrogen (secondary N) is 1. The van der Waals surface area contributed by atoms with Crippen molar-refractivity contribution < 1.29 is 34.8 Å². The van der Waals surface area contributed by atoms with Crippen molar-refractivity contribution in [2.45, 2.75) is 108 Å². The predicted molar refractivity (Wildman–Crippen MR) is 190 cm³/mol. The van der Waals surface area contributed by atoms with Crippen LogP contribution in [0.25, 0.3) is 11.1 Å². The topological polar surface area (TPSA) is 178 Å². The average Bonchev–Trinajstić information content (AvgIpc) is 4.05. The minimum atomic E-state index is -1.58. The van der Waals surface area contributed by atoms with Crippen molar-refractivity contribution in [2.24, 2.45) is 5.73 Å². The van der Waals surface area contributed by atoms with Gasteiger partial charge in [-0.1, -0.05) is 43.3 Å². The summed E-state index contributed by atoms with van der Waals surface area (Å²) in [5.41, 5.74) is 12.2. The molecule has 7 N–H and O–H groups in total. The van der Waals surface area contributed by atoms with Crippen molar-refractivity contribution >= 4 is 11.8 Å². The number of ether oxygens (including phenoxy) is 1. The van der Waals surface area contributed by atoms with Gasteiger partial charge in [0.15, 0.2) is 0 Å². The number of hydrogen-bond acceptors (Lipinski definition) is 9. The molecule has 2 saturated carbocycles. The first-order valence-corrected chi connectivity index (χ1v) is 17.8. The highest BCUT2D eigenvalue weighted by Gasteiger charge is 2.46. The Balaban J connectivity index is 1.19. The van der Waals surface area contributed by atoms with Crippen LogP contribution in [0.1, 0.15) is 86.5 Å². The summed E-state index contributed by atoms with van der Waals surface area (Å²) in [5.74, 6) is -0.0386. The van der Waals surface area contributed by atoms with E-state index in [4.69, 9.17) is 15.6 Å². The molecule has 2 amide bonds. The largest absolute Gasteiger partial charge is 0.490 e. The zero-order chi connectivity index (χ0) is 35.8. The van der Waals surface area contributed by atoms with Crippen molar-refractivity contribution in [2.75, 3.05) is 19.7 Å². The molecule has 3 aromatic rings. The number of amides is 2. The number of aryl methyl sites for hydroxylation is 1. The zero-order valence-corrected chi connectivity index (χ0v) is 29.1. The number of aliphatic hydroxyl groups excluding tert-OH is 4. The van der Waals surface area contributed by atoms with Crippen molar-refractivity contribution in [3.63, 3.8) is 0 Å². The van der Waals surface area contributed by atoms with Crippen LogP contribution in [0.2, 0.25) is 0 Å². The van der Waals surface area contributed by atoms with E-state index in [-0.39, 0.29) is 43.4 Å². The monoisotopic (exact) mass is 688 g/mol. The molecular formula is C39H52N4O7. The highest BCUT2D eigenvalue weighted by atomic mass is 16.5. The molecule has 50 heavy (non-hydrogen) atoms. The highest BCUT2D eigenvalue weighted by Crippen LogP contribution is 2.50. The van der Waals surface area contributed by atoms with Gasteiger partial charge in [0.05, 0.1) is 24.9 Å². The summed E-state index contributed by atoms with van der Waals surface area (Å²) in [5, 5.41) is 43.3. The molecule has 4 unspecified atom stereocenters. The van der Waals surface area contributed by atoms with Crippen LogP contribution in [0, 0.1) is 6.92 Å². The maximum Gasteiger partial charge on any atom is 0.237 e. The number of carbonyl (C=O) groups is 2. The lowest BCUT2D eigenvalue weighted by atomic mass is 9.91. The predicted octanol–water partition coefficient (Wildman–Crippen LogP) is 3.43. The highest BCUT2D eigenvalue weighted by molar-refractivity contribution is 5.83. The van der Waals surface area contributed by atoms with Gasteiger partial charge >= 0.3 is 0 Å². The molecule has 11 heteroatoms. The average molecular weight is 689 g/mol. The Kier molecular flexibility index (Phi) is 12.6. The Morgan fingerprint density at radius 1 is 1.06 bits per heavy atom. The third kappa shape index (κ3) is 9.67. The fourth-order valence-corrected chi connectivity index (χ4v) is 6.51. The Labute approximate surface area is 294 Å². The van der Waals surface area contributed by atoms with Crippen LogP contribution in [0.4, 0.5) is 0 Å². The summed E-state index contributed by atoms with van der Waals surface area (Å²) in [7, 11) is 0. The van der Waals surface area contributed by atoms with Gasteiger partial charge in [0.1, 0.15) is 11.9 Å². The Morgan fingerprint density at radius 3 is 2.52 bits per heavy atom. The smallest absolute Gasteiger partial charge is 0.237 e. The number of primary amides is 1. The van der Waals surface area contributed by atoms with E-state index in [1.807, 2.05) is 18.5 Å². The van der Waals surface area contributed by atoms with Crippen LogP contribution in [0.15, 0.2) is 60.9 Å². The molecule has 4 atom stereocenters. The van der Waals surface area contributed by atoms with Crippen LogP contribution in [0.5, 0.6) is 5.75 Å². The van der Waals surface area contributed by atoms with E-state index in [0.717, 1.165) is 53.9 Å². The van der Waals surface area contributed by atoms with E-state index in [9.17, 15) is 24.9 Å². The van der Waals surface area contributed by atoms with Crippen LogP contribution in [0.3, 0.4) is 0 Å². The van der Waals surface area contributed by atoms with E-state index < -0.39 is 30.8 Å². The summed E-state index contributed by atoms with van der Waals surface area (Å²) >= 11 is 0. The number of aliphatic hydroxyl groups is 4. The second-order valence-corrected chi connectivity index (χ2v) is 14.0. The van der Waals surface area contributed by atoms with Gasteiger partial charge in [0, 0.05) is 49.6 Å². The quantitative estimate of drug-likeness (QED) is 0.104. The van der Waals surface area contributed by atoms with Gasteiger partial charge in [-0.05, 0) is 97.7 Å². The first-order chi connectivity index (χ1) is 24.0. The molecule has 2 aliphatic rings. The molecule has 5 rings (SSSR count). The van der Waals surface area contributed by atoms with Gasteiger partial charge in [-0.25, -0.2) is 0 Å². The number of pyridine rings is 1. The summed E-state index contributed by atoms with van der Waals surface area (Å²) in [6.45, 7) is 3.80. The van der Waals surface area contributed by atoms with Crippen molar-refractivity contribution in [3.8, 4) is 16.9 Å². The van der Waals surface area contributed by atoms with Crippen molar-refractivity contribution in [1.82, 2.24) is 15.2 Å². The summed E-state index contributed by atoms with van der Waals surface area (Å²) < 4.78 is 6.27. The zero-order valence-electron chi connectivity index (χ0n) is 29.1. The molecule has 2 fully saturated rings. The second kappa shape index (κ2) is 16.9. The summed E-state index contributed by atoms with van der Waals surface area (Å²) in [6, 6.07) is 16.9. The molecule has 0 spiro atoms. The van der Waals surface area contributed by atoms with Crippen LogP contribution < -0.4 is 15.8 Å². The Hall–Kier alpha value is -3.87. The molecule has 0 aliphatic heterocycles. The van der Waals surface area contributed by atoms with Gasteiger partial charge in [-0.2, -0.15) is 0 Å². The van der Waals surface area contributed by atoms with Gasteiger partial charge in [-0.15, -0.1) is 0 Å². The number of aromatic nitrogens is 1. The van der Waals surface area contributed by atoms with Crippen LogP contribution >= 0.6 is 0 Å². The maximum absolute atomic E-state index is 13.0. The molecule has 0 radical (unpaired) electrons. The second-order valence-electron chi connectivity index (χ2n) is 14.0. The molecule has 2 aromatic carbocycles. The fourth-order valence-electron chi connectivity index (χ4n) is 6.51. The number of para-hydroxylation sites is 1. The van der Waals surface area contributed by atoms with Crippen LogP contribution in [-0.4, -0.2) is 86.2 Å². The first-order valence-electron chi connectivity index (χ1n) is 17.8. The molecule has 11 nitrogen and oxygen atoms in total. The fraction of sp³-hybridized carbons (Fsp3) is 0.513. The Bertz CT molecular complexity index is 1610. The van der Waals surface area contributed by atoms with E-state index in [1.165, 1.54) is 22.3 Å². The molecule has 1 heterocycles. The lowest BCUT2D eigenvalue weighted by Crippen LogP contribution is -2.48. The lowest BCUT2D eigenvalue weighted by molar-refractivity contribution is -0.139. The molecule has 1 aromatic heterocycles. The van der Waals surface area contributed by atoms with E-state index >= 15 is 0 Å². The number of hydrogen-bond donors (Lipinski definition) is 6. The number of nitrogens with zero attached hydrogens (tertiary/aromatic N) is 2. The van der Waals surface area contributed by atoms with Crippen molar-refractivity contribution in [3.05, 3.63) is 83.2 Å². The summed E-state index contributed by atoms with van der Waals surface area (Å²) in [4.78, 5) is 30.3. The van der Waals surface area contributed by atoms with Gasteiger partial charge in [0.25, 0.3) is 0 Å². The van der Waals surface area contributed by atoms with Gasteiger partial charge < -0.3 is 41.1 Å². The standard InChI is InChI=1S/C39H52N4O7/c1-25(6-5-9-37(48)43(24-36(40)47)23-34(46)38(49)33(45)15-19-44)27-11-10-26(2)28(20-27)21-42-39(16-17-39)32-22-41-18-14-30(32)31-7-3-4-8-35(31)50-29-12-13-29/h3-4,7-8,10-11,14,18,20,22,25,29,33-34,38,42,44-46,49H,5-6,9,12-13,15-17,19,21,23-24H2,1-2H3,(H2,40,47). The SMILES string of the molecule is Cc1ccc(C(C)CCCC(=O)N(CC(N)=O)CC(O)C(O)C(O)CCO)cc1CNC1(c2cnccc2-c2ccccc2OC2CC2)CC1. The van der Waals surface area contributed by atoms with E-state index in [1.54, 1.807) is 0 Å². The third-order valence-corrected chi connectivity index (χ3v) is 9.99. The van der Waals surface area contributed by atoms with Gasteiger partial charge in [-0.3, -0.25) is 14.6 Å². The lowest BCUT2D eigenvalue weighted by Gasteiger charge is -2.28. The number of benzene rings is 2. The van der Waals surface area contributed by atoms with Crippen molar-refractivity contribution in [1.29, 1.82) is 0 Å². The van der Waals surface area contributed by atoms with E-state index in [2.05, 4.69) is 66.6 Å². The van der Waals surface area contributed by atoms with E-state index in [0.29, 0.717) is 19.1 Å². The molecule has 0 bridgehead atoms. The molecule has 0 saturated heterocycles. The van der Waals surface area contributed by atoms with Gasteiger partial charge in [0.2, 0.25) is 11.8 Å². The Morgan fingerprint density at radius 2 is 1.82 bits per heavy atom. The number of carbonyl (C=O) groups excluding carboxylic acids is 2. The first kappa shape index (κ1) is 37.4. The normalized spacial score (nSPS) is 17.4. The third-order valence-electron chi connectivity index (χ3n) is 9.99. The van der Waals surface area contributed by atoms with Crippen LogP contribution in [-0.2, 0) is 21.7 Å². The summed E-state index contributed by atoms with van der Waals surface area (Å²) in [6.07, 6.45) is 5.20. The minimum absolute atomic E-state index is 0.130. The minimum Gasteiger partial charge on any atom is -0.490 e. The maximum atomic E-state index is 13.0. The molecule has 2 aliphatic carbocycles. The number of nitrogens with two attached hydrogens (primary N) is 1. The molecular weight excluding hydrogens is 636 g/mol. The number of rotatable bonds is 20. The molecule has 270 valence electrons.